The fourth-order valence-electron chi connectivity index (χ4n) is 1.16. The van der Waals surface area contributed by atoms with E-state index in [4.69, 9.17) is 5.11 Å². The molecule has 18 heavy (non-hydrogen) atoms. The van der Waals surface area contributed by atoms with Crippen LogP contribution in [0.4, 0.5) is 26.3 Å². The van der Waals surface area contributed by atoms with Crippen molar-refractivity contribution in [3.63, 3.8) is 0 Å². The summed E-state index contributed by atoms with van der Waals surface area (Å²) in [6.07, 6.45) is -9.52. The summed E-state index contributed by atoms with van der Waals surface area (Å²) < 4.78 is 76.7. The van der Waals surface area contributed by atoms with Gasteiger partial charge in [-0.25, -0.2) is 4.98 Å². The van der Waals surface area contributed by atoms with Gasteiger partial charge in [-0.2, -0.15) is 13.2 Å². The van der Waals surface area contributed by atoms with Crippen molar-refractivity contribution in [3.8, 4) is 5.88 Å². The van der Waals surface area contributed by atoms with Crippen LogP contribution in [0.3, 0.4) is 0 Å². The van der Waals surface area contributed by atoms with Crippen LogP contribution in [0, 0.1) is 3.57 Å². The number of halogens is 7. The monoisotopic (exact) mass is 387 g/mol. The molecule has 0 aromatic carbocycles. The first-order valence-corrected chi connectivity index (χ1v) is 5.25. The van der Waals surface area contributed by atoms with Crippen LogP contribution in [-0.4, -0.2) is 16.5 Å². The summed E-state index contributed by atoms with van der Waals surface area (Å²) in [5, 5.41) is 8.79. The fourth-order valence-corrected chi connectivity index (χ4v) is 1.93. The maximum absolute atomic E-state index is 12.6. The molecule has 0 atom stereocenters. The van der Waals surface area contributed by atoms with Gasteiger partial charge in [0.05, 0.1) is 17.7 Å². The second kappa shape index (κ2) is 5.07. The number of hydrogen-bond donors (Lipinski definition) is 1. The summed E-state index contributed by atoms with van der Waals surface area (Å²) >= 11 is 1.26. The lowest BCUT2D eigenvalue weighted by Crippen LogP contribution is -2.21. The second-order valence-corrected chi connectivity index (χ2v) is 4.13. The molecule has 0 amide bonds. The summed E-state index contributed by atoms with van der Waals surface area (Å²) in [7, 11) is 0. The van der Waals surface area contributed by atoms with Gasteiger partial charge in [-0.3, -0.25) is 0 Å². The van der Waals surface area contributed by atoms with Crippen molar-refractivity contribution in [1.29, 1.82) is 0 Å². The first-order chi connectivity index (χ1) is 8.06. The molecule has 0 radical (unpaired) electrons. The molecule has 0 unspecified atom stereocenters. The van der Waals surface area contributed by atoms with Gasteiger partial charge < -0.3 is 9.84 Å². The van der Waals surface area contributed by atoms with Crippen LogP contribution in [0.25, 0.3) is 0 Å². The normalized spacial score (nSPS) is 12.7. The lowest BCUT2D eigenvalue weighted by atomic mass is 10.1. The van der Waals surface area contributed by atoms with E-state index in [1.165, 1.54) is 22.6 Å². The molecule has 1 N–H and O–H groups in total. The van der Waals surface area contributed by atoms with Crippen LogP contribution in [0.5, 0.6) is 5.88 Å². The van der Waals surface area contributed by atoms with E-state index >= 15 is 0 Å². The summed E-state index contributed by atoms with van der Waals surface area (Å²) in [4.78, 5) is 3.10. The van der Waals surface area contributed by atoms with Gasteiger partial charge in [-0.15, -0.1) is 13.2 Å². The number of nitrogens with zero attached hydrogens (tertiary/aromatic N) is 1. The third-order valence-corrected chi connectivity index (χ3v) is 2.57. The van der Waals surface area contributed by atoms with E-state index in [0.717, 1.165) is 0 Å². The number of ether oxygens (including phenoxy) is 1. The quantitative estimate of drug-likeness (QED) is 0.627. The first-order valence-electron chi connectivity index (χ1n) is 4.17. The number of pyridine rings is 1. The molecule has 0 saturated heterocycles. The molecule has 3 nitrogen and oxygen atoms in total. The highest BCUT2D eigenvalue weighted by molar-refractivity contribution is 14.1. The standard InChI is InChI=1S/C8H4F6INO2/c9-7(10,11)5-3(2-17)6(16-1-4(5)15)18-8(12,13)14/h1,17H,2H2. The Morgan fingerprint density at radius 1 is 1.22 bits per heavy atom. The van der Waals surface area contributed by atoms with Gasteiger partial charge in [0, 0.05) is 9.77 Å². The predicted molar refractivity (Wildman–Crippen MR) is 54.6 cm³/mol. The zero-order valence-corrected chi connectivity index (χ0v) is 10.4. The van der Waals surface area contributed by atoms with Crippen LogP contribution in [0.15, 0.2) is 6.20 Å². The van der Waals surface area contributed by atoms with Crippen LogP contribution >= 0.6 is 22.6 Å². The number of aromatic nitrogens is 1. The first kappa shape index (κ1) is 15.3. The Morgan fingerprint density at radius 2 is 1.78 bits per heavy atom. The number of hydrogen-bond acceptors (Lipinski definition) is 3. The Hall–Kier alpha value is -0.780. The second-order valence-electron chi connectivity index (χ2n) is 2.97. The topological polar surface area (TPSA) is 42.4 Å². The molecule has 1 aromatic heterocycles. The van der Waals surface area contributed by atoms with E-state index in [9.17, 15) is 26.3 Å². The average Bonchev–Trinajstić information content (AvgIpc) is 2.16. The number of rotatable bonds is 2. The van der Waals surface area contributed by atoms with E-state index < -0.39 is 39.7 Å². The van der Waals surface area contributed by atoms with Gasteiger partial charge in [-0.1, -0.05) is 0 Å². The van der Waals surface area contributed by atoms with Crippen molar-refractivity contribution in [2.75, 3.05) is 0 Å². The Labute approximate surface area is 110 Å². The van der Waals surface area contributed by atoms with Crippen LogP contribution < -0.4 is 4.74 Å². The zero-order valence-electron chi connectivity index (χ0n) is 8.23. The molecule has 0 aliphatic carbocycles. The summed E-state index contributed by atoms with van der Waals surface area (Å²) in [6, 6.07) is 0. The minimum absolute atomic E-state index is 0.432. The number of aliphatic hydroxyl groups is 1. The SMILES string of the molecule is OCc1c(OC(F)(F)F)ncc(I)c1C(F)(F)F. The molecule has 0 aliphatic heterocycles. The van der Waals surface area contributed by atoms with E-state index in [-0.39, 0.29) is 0 Å². The Bertz CT molecular complexity index is 444. The molecule has 0 saturated carbocycles. The maximum atomic E-state index is 12.6. The van der Waals surface area contributed by atoms with Crippen LogP contribution in [-0.2, 0) is 12.8 Å². The summed E-state index contributed by atoms with van der Waals surface area (Å²) in [5.74, 6) is -1.31. The summed E-state index contributed by atoms with van der Waals surface area (Å²) in [6.45, 7) is -1.27. The van der Waals surface area contributed by atoms with Crippen molar-refractivity contribution in [3.05, 3.63) is 20.9 Å². The van der Waals surface area contributed by atoms with Gasteiger partial charge in [0.15, 0.2) is 0 Å². The molecule has 1 aromatic rings. The molecule has 0 fully saturated rings. The van der Waals surface area contributed by atoms with Crippen molar-refractivity contribution < 1.29 is 36.2 Å². The van der Waals surface area contributed by atoms with Crippen molar-refractivity contribution >= 4 is 22.6 Å². The highest BCUT2D eigenvalue weighted by Gasteiger charge is 2.40. The van der Waals surface area contributed by atoms with Crippen molar-refractivity contribution in [2.24, 2.45) is 0 Å². The third kappa shape index (κ3) is 3.60. The molecule has 10 heteroatoms. The molecule has 0 bridgehead atoms. The fraction of sp³-hybridized carbons (Fsp3) is 0.375. The molecule has 0 spiro atoms. The van der Waals surface area contributed by atoms with E-state index in [1.54, 1.807) is 0 Å². The van der Waals surface area contributed by atoms with E-state index in [2.05, 4.69) is 9.72 Å². The average molecular weight is 387 g/mol. The predicted octanol–water partition coefficient (Wildman–Crippen LogP) is 3.10. The van der Waals surface area contributed by atoms with Gasteiger partial charge in [0.25, 0.3) is 0 Å². The molecule has 1 rings (SSSR count). The maximum Gasteiger partial charge on any atom is 0.574 e. The lowest BCUT2D eigenvalue weighted by Gasteiger charge is -2.17. The molecule has 1 heterocycles. The van der Waals surface area contributed by atoms with Gasteiger partial charge in [0.1, 0.15) is 0 Å². The van der Waals surface area contributed by atoms with Crippen LogP contribution in [0.2, 0.25) is 0 Å². The van der Waals surface area contributed by atoms with Gasteiger partial charge in [-0.05, 0) is 22.6 Å². The van der Waals surface area contributed by atoms with Crippen molar-refractivity contribution in [2.45, 2.75) is 19.1 Å². The zero-order chi connectivity index (χ0) is 14.1. The highest BCUT2D eigenvalue weighted by Crippen LogP contribution is 2.39. The summed E-state index contributed by atoms with van der Waals surface area (Å²) in [5.41, 5.74) is -2.44. The number of alkyl halides is 6. The van der Waals surface area contributed by atoms with E-state index in [1.807, 2.05) is 0 Å². The minimum Gasteiger partial charge on any atom is -0.391 e. The minimum atomic E-state index is -5.19. The highest BCUT2D eigenvalue weighted by atomic mass is 127. The third-order valence-electron chi connectivity index (χ3n) is 1.75. The Balaban J connectivity index is 3.39. The Morgan fingerprint density at radius 3 is 2.17 bits per heavy atom. The smallest absolute Gasteiger partial charge is 0.391 e. The van der Waals surface area contributed by atoms with Crippen LogP contribution in [0.1, 0.15) is 11.1 Å². The molecule has 102 valence electrons. The van der Waals surface area contributed by atoms with Crippen molar-refractivity contribution in [1.82, 2.24) is 4.98 Å². The Kier molecular flexibility index (Phi) is 4.30. The number of aliphatic hydroxyl groups excluding tert-OH is 1. The molecular weight excluding hydrogens is 383 g/mol. The molecular formula is C8H4F6INO2. The lowest BCUT2D eigenvalue weighted by molar-refractivity contribution is -0.276. The molecule has 0 aliphatic rings. The largest absolute Gasteiger partial charge is 0.574 e. The van der Waals surface area contributed by atoms with Gasteiger partial charge in [0.2, 0.25) is 5.88 Å². The van der Waals surface area contributed by atoms with Gasteiger partial charge >= 0.3 is 12.5 Å². The van der Waals surface area contributed by atoms with E-state index in [0.29, 0.717) is 6.20 Å².